The van der Waals surface area contributed by atoms with Gasteiger partial charge in [-0.3, -0.25) is 0 Å². The van der Waals surface area contributed by atoms with E-state index in [1.807, 2.05) is 0 Å². The highest BCUT2D eigenvalue weighted by Crippen LogP contribution is 2.27. The molecule has 0 heterocycles. The molecule has 0 amide bonds. The standard InChI is InChI=1S/C11H14Cl2FNO2/c1-16-4-5-17-3-2-15-8-6-9(12)11(14)10(13)7-8/h6-7,15H,2-5H2,1H3. The maximum atomic E-state index is 13.1. The molecule has 0 aliphatic carbocycles. The second-order valence-corrected chi connectivity index (χ2v) is 4.10. The summed E-state index contributed by atoms with van der Waals surface area (Å²) < 4.78 is 23.2. The van der Waals surface area contributed by atoms with E-state index in [-0.39, 0.29) is 10.0 Å². The van der Waals surface area contributed by atoms with E-state index in [4.69, 9.17) is 32.7 Å². The van der Waals surface area contributed by atoms with E-state index in [1.165, 1.54) is 12.1 Å². The molecule has 96 valence electrons. The Labute approximate surface area is 110 Å². The van der Waals surface area contributed by atoms with Crippen molar-refractivity contribution in [3.8, 4) is 0 Å². The lowest BCUT2D eigenvalue weighted by Crippen LogP contribution is -2.12. The van der Waals surface area contributed by atoms with Crippen LogP contribution in [-0.2, 0) is 9.47 Å². The van der Waals surface area contributed by atoms with Gasteiger partial charge in [0.05, 0.1) is 29.9 Å². The molecule has 0 radical (unpaired) electrons. The maximum absolute atomic E-state index is 13.1. The summed E-state index contributed by atoms with van der Waals surface area (Å²) in [6.07, 6.45) is 0. The van der Waals surface area contributed by atoms with Crippen LogP contribution in [-0.4, -0.2) is 33.5 Å². The van der Waals surface area contributed by atoms with Crippen LogP contribution in [0.2, 0.25) is 10.0 Å². The molecule has 0 saturated heterocycles. The van der Waals surface area contributed by atoms with Crippen molar-refractivity contribution in [3.63, 3.8) is 0 Å². The summed E-state index contributed by atoms with van der Waals surface area (Å²) in [7, 11) is 1.62. The zero-order valence-corrected chi connectivity index (χ0v) is 10.9. The molecule has 0 aliphatic heterocycles. The van der Waals surface area contributed by atoms with Gasteiger partial charge in [-0.2, -0.15) is 0 Å². The molecule has 0 saturated carbocycles. The highest BCUT2D eigenvalue weighted by molar-refractivity contribution is 6.35. The molecule has 1 aromatic rings. The number of benzene rings is 1. The molecule has 3 nitrogen and oxygen atoms in total. The molecule has 0 fully saturated rings. The largest absolute Gasteiger partial charge is 0.383 e. The molecule has 0 spiro atoms. The lowest BCUT2D eigenvalue weighted by molar-refractivity contribution is 0.0759. The van der Waals surface area contributed by atoms with Crippen LogP contribution in [0.1, 0.15) is 0 Å². The van der Waals surface area contributed by atoms with E-state index < -0.39 is 5.82 Å². The Bertz CT molecular complexity index is 340. The molecule has 1 rings (SSSR count). The van der Waals surface area contributed by atoms with E-state index in [2.05, 4.69) is 5.32 Å². The van der Waals surface area contributed by atoms with Crippen LogP contribution < -0.4 is 5.32 Å². The fourth-order valence-electron chi connectivity index (χ4n) is 1.17. The molecule has 1 N–H and O–H groups in total. The van der Waals surface area contributed by atoms with Crippen LogP contribution in [0.5, 0.6) is 0 Å². The Morgan fingerprint density at radius 3 is 2.41 bits per heavy atom. The number of methoxy groups -OCH3 is 1. The van der Waals surface area contributed by atoms with E-state index in [9.17, 15) is 4.39 Å². The smallest absolute Gasteiger partial charge is 0.160 e. The summed E-state index contributed by atoms with van der Waals surface area (Å²) >= 11 is 11.3. The SMILES string of the molecule is COCCOCCNc1cc(Cl)c(F)c(Cl)c1. The first-order valence-electron chi connectivity index (χ1n) is 5.10. The molecule has 0 bridgehead atoms. The van der Waals surface area contributed by atoms with E-state index in [0.29, 0.717) is 32.1 Å². The lowest BCUT2D eigenvalue weighted by Gasteiger charge is -2.08. The van der Waals surface area contributed by atoms with Crippen molar-refractivity contribution in [1.82, 2.24) is 0 Å². The number of halogens is 3. The van der Waals surface area contributed by atoms with Crippen molar-refractivity contribution in [1.29, 1.82) is 0 Å². The third-order valence-electron chi connectivity index (χ3n) is 1.99. The van der Waals surface area contributed by atoms with Gasteiger partial charge in [0.1, 0.15) is 0 Å². The summed E-state index contributed by atoms with van der Waals surface area (Å²) in [5.74, 6) is -0.602. The van der Waals surface area contributed by atoms with E-state index >= 15 is 0 Å². The number of hydrogen-bond acceptors (Lipinski definition) is 3. The van der Waals surface area contributed by atoms with Crippen LogP contribution in [0, 0.1) is 5.82 Å². The van der Waals surface area contributed by atoms with Gasteiger partial charge >= 0.3 is 0 Å². The summed E-state index contributed by atoms with van der Waals surface area (Å²) in [6, 6.07) is 2.97. The van der Waals surface area contributed by atoms with Crippen molar-refractivity contribution in [2.24, 2.45) is 0 Å². The van der Waals surface area contributed by atoms with Gasteiger partial charge in [-0.25, -0.2) is 4.39 Å². The topological polar surface area (TPSA) is 30.5 Å². The van der Waals surface area contributed by atoms with Gasteiger partial charge in [-0.15, -0.1) is 0 Å². The molecule has 17 heavy (non-hydrogen) atoms. The molecular weight excluding hydrogens is 268 g/mol. The molecule has 0 unspecified atom stereocenters. The predicted octanol–water partition coefficient (Wildman–Crippen LogP) is 3.21. The number of anilines is 1. The minimum Gasteiger partial charge on any atom is -0.383 e. The summed E-state index contributed by atoms with van der Waals surface area (Å²) in [6.45, 7) is 2.22. The highest BCUT2D eigenvalue weighted by atomic mass is 35.5. The Kier molecular flexibility index (Phi) is 6.58. The zero-order valence-electron chi connectivity index (χ0n) is 9.43. The normalized spacial score (nSPS) is 10.6. The fraction of sp³-hybridized carbons (Fsp3) is 0.455. The monoisotopic (exact) mass is 281 g/mol. The maximum Gasteiger partial charge on any atom is 0.160 e. The number of nitrogens with one attached hydrogen (secondary N) is 1. The molecule has 0 aliphatic rings. The van der Waals surface area contributed by atoms with Crippen LogP contribution >= 0.6 is 23.2 Å². The van der Waals surface area contributed by atoms with E-state index in [0.717, 1.165) is 0 Å². The quantitative estimate of drug-likeness (QED) is 0.615. The Morgan fingerprint density at radius 2 is 1.82 bits per heavy atom. The molecular formula is C11H14Cl2FNO2. The van der Waals surface area contributed by atoms with Crippen molar-refractivity contribution in [2.45, 2.75) is 0 Å². The molecule has 0 atom stereocenters. The van der Waals surface area contributed by atoms with Crippen LogP contribution in [0.15, 0.2) is 12.1 Å². The van der Waals surface area contributed by atoms with Gasteiger partial charge in [-0.1, -0.05) is 23.2 Å². The van der Waals surface area contributed by atoms with E-state index in [1.54, 1.807) is 7.11 Å². The number of ether oxygens (including phenoxy) is 2. The van der Waals surface area contributed by atoms with Crippen molar-refractivity contribution in [2.75, 3.05) is 38.8 Å². The molecule has 1 aromatic carbocycles. The van der Waals surface area contributed by atoms with Crippen molar-refractivity contribution < 1.29 is 13.9 Å². The summed E-state index contributed by atoms with van der Waals surface area (Å²) in [5.41, 5.74) is 0.664. The van der Waals surface area contributed by atoms with Crippen LogP contribution in [0.3, 0.4) is 0 Å². The average molecular weight is 282 g/mol. The molecule has 6 heteroatoms. The Balaban J connectivity index is 2.32. The Morgan fingerprint density at radius 1 is 1.18 bits per heavy atom. The summed E-state index contributed by atoms with van der Waals surface area (Å²) in [5, 5.41) is 3.03. The van der Waals surface area contributed by atoms with Crippen molar-refractivity contribution in [3.05, 3.63) is 28.0 Å². The minimum absolute atomic E-state index is 0.000279. The number of hydrogen-bond donors (Lipinski definition) is 1. The van der Waals surface area contributed by atoms with Crippen molar-refractivity contribution >= 4 is 28.9 Å². The van der Waals surface area contributed by atoms with Gasteiger partial charge in [0.2, 0.25) is 0 Å². The van der Waals surface area contributed by atoms with Gasteiger partial charge < -0.3 is 14.8 Å². The predicted molar refractivity (Wildman–Crippen MR) is 67.6 cm³/mol. The number of rotatable bonds is 7. The van der Waals surface area contributed by atoms with Crippen LogP contribution in [0.25, 0.3) is 0 Å². The lowest BCUT2D eigenvalue weighted by atomic mass is 10.3. The van der Waals surface area contributed by atoms with Gasteiger partial charge in [0.15, 0.2) is 5.82 Å². The first-order chi connectivity index (χ1) is 8.15. The average Bonchev–Trinajstić information content (AvgIpc) is 2.30. The first-order valence-corrected chi connectivity index (χ1v) is 5.86. The first kappa shape index (κ1) is 14.5. The van der Waals surface area contributed by atoms with Gasteiger partial charge in [0.25, 0.3) is 0 Å². The summed E-state index contributed by atoms with van der Waals surface area (Å²) in [4.78, 5) is 0. The third-order valence-corrected chi connectivity index (χ3v) is 2.54. The Hall–Kier alpha value is -0.550. The fourth-order valence-corrected chi connectivity index (χ4v) is 1.66. The van der Waals surface area contributed by atoms with Gasteiger partial charge in [-0.05, 0) is 12.1 Å². The van der Waals surface area contributed by atoms with Crippen LogP contribution in [0.4, 0.5) is 10.1 Å². The minimum atomic E-state index is -0.602. The van der Waals surface area contributed by atoms with Gasteiger partial charge in [0, 0.05) is 19.3 Å². The highest BCUT2D eigenvalue weighted by Gasteiger charge is 2.06. The zero-order chi connectivity index (χ0) is 12.7. The third kappa shape index (κ3) is 5.08. The molecule has 0 aromatic heterocycles. The second kappa shape index (κ2) is 7.71. The second-order valence-electron chi connectivity index (χ2n) is 3.29.